The van der Waals surface area contributed by atoms with Crippen molar-refractivity contribution in [3.63, 3.8) is 0 Å². The van der Waals surface area contributed by atoms with Gasteiger partial charge < -0.3 is 15.4 Å². The van der Waals surface area contributed by atoms with Gasteiger partial charge >= 0.3 is 0 Å². The molecule has 158 valence electrons. The van der Waals surface area contributed by atoms with E-state index in [0.29, 0.717) is 17.8 Å². The van der Waals surface area contributed by atoms with Crippen LogP contribution in [0.5, 0.6) is 5.75 Å². The Balaban J connectivity index is 1.42. The van der Waals surface area contributed by atoms with Crippen LogP contribution in [0.3, 0.4) is 0 Å². The quantitative estimate of drug-likeness (QED) is 0.431. The van der Waals surface area contributed by atoms with Gasteiger partial charge in [-0.2, -0.15) is 0 Å². The number of anilines is 2. The molecule has 2 aliphatic heterocycles. The normalized spacial score (nSPS) is 28.4. The predicted octanol–water partition coefficient (Wildman–Crippen LogP) is 7.31. The minimum Gasteiger partial charge on any atom is -0.457 e. The summed E-state index contributed by atoms with van der Waals surface area (Å²) in [6.45, 7) is 11.6. The molecule has 0 saturated heterocycles. The molecule has 4 heteroatoms. The first kappa shape index (κ1) is 19.1. The van der Waals surface area contributed by atoms with Crippen molar-refractivity contribution in [1.29, 1.82) is 0 Å². The molecule has 0 aromatic heterocycles. The molecule has 0 radical (unpaired) electrons. The van der Waals surface area contributed by atoms with Crippen LogP contribution < -0.4 is 15.4 Å². The summed E-state index contributed by atoms with van der Waals surface area (Å²) in [5.41, 5.74) is 9.32. The lowest BCUT2D eigenvalue weighted by Gasteiger charge is -2.46. The zero-order valence-corrected chi connectivity index (χ0v) is 19.5. The fraction of sp³-hybridized carbons (Fsp3) is 0.333. The van der Waals surface area contributed by atoms with Gasteiger partial charge in [-0.15, -0.1) is 0 Å². The molecule has 6 rings (SSSR count). The Bertz CT molecular complexity index is 1220. The van der Waals surface area contributed by atoms with E-state index >= 15 is 0 Å². The first-order chi connectivity index (χ1) is 14.9. The van der Waals surface area contributed by atoms with Gasteiger partial charge in [0.1, 0.15) is 11.5 Å². The number of allylic oxidation sites excluding steroid dienone is 4. The summed E-state index contributed by atoms with van der Waals surface area (Å²) in [5, 5.41) is 7.54. The molecular weight excluding hydrogens is 400 g/mol. The van der Waals surface area contributed by atoms with E-state index in [0.717, 1.165) is 17.2 Å². The van der Waals surface area contributed by atoms with Crippen LogP contribution in [0, 0.1) is 30.6 Å². The molecular formula is C27H28N2OS. The molecule has 31 heavy (non-hydrogen) atoms. The van der Waals surface area contributed by atoms with Crippen LogP contribution in [0.25, 0.3) is 0 Å². The van der Waals surface area contributed by atoms with Gasteiger partial charge in [0, 0.05) is 39.2 Å². The highest BCUT2D eigenvalue weighted by Gasteiger charge is 2.45. The lowest BCUT2D eigenvalue weighted by atomic mass is 9.67. The second-order valence-electron chi connectivity index (χ2n) is 9.30. The van der Waals surface area contributed by atoms with Crippen molar-refractivity contribution in [3.05, 3.63) is 81.2 Å². The van der Waals surface area contributed by atoms with Crippen LogP contribution in [0.1, 0.15) is 33.3 Å². The van der Waals surface area contributed by atoms with E-state index in [1.165, 1.54) is 32.4 Å². The first-order valence-corrected chi connectivity index (χ1v) is 12.1. The second kappa shape index (κ2) is 6.70. The summed E-state index contributed by atoms with van der Waals surface area (Å²) in [7, 11) is 0. The molecule has 4 aliphatic rings. The van der Waals surface area contributed by atoms with Gasteiger partial charge in [0.25, 0.3) is 0 Å². The fourth-order valence-electron chi connectivity index (χ4n) is 5.87. The Hall–Kier alpha value is -2.59. The Morgan fingerprint density at radius 1 is 0.774 bits per heavy atom. The van der Waals surface area contributed by atoms with E-state index in [4.69, 9.17) is 4.74 Å². The second-order valence-corrected chi connectivity index (χ2v) is 10.4. The summed E-state index contributed by atoms with van der Waals surface area (Å²) in [6, 6.07) is 15.0. The number of para-hydroxylation sites is 2. The van der Waals surface area contributed by atoms with Crippen molar-refractivity contribution in [1.82, 2.24) is 0 Å². The van der Waals surface area contributed by atoms with Crippen LogP contribution >= 0.6 is 11.8 Å². The Labute approximate surface area is 188 Å². The van der Waals surface area contributed by atoms with E-state index in [1.54, 1.807) is 11.1 Å². The minimum absolute atomic E-state index is 0.257. The molecule has 2 aliphatic carbocycles. The fourth-order valence-corrected chi connectivity index (χ4v) is 7.22. The van der Waals surface area contributed by atoms with Gasteiger partial charge in [-0.05, 0) is 36.8 Å². The predicted molar refractivity (Wildman–Crippen MR) is 129 cm³/mol. The third kappa shape index (κ3) is 2.67. The van der Waals surface area contributed by atoms with Crippen molar-refractivity contribution in [3.8, 4) is 5.75 Å². The van der Waals surface area contributed by atoms with Crippen LogP contribution in [0.4, 0.5) is 11.4 Å². The van der Waals surface area contributed by atoms with E-state index in [9.17, 15) is 0 Å². The molecule has 0 fully saturated rings. The standard InChI is InChI=1S/C27H28N2OS/c1-13-10-11-19-21(12-13)31-27-17(5)23-16(4)26-24(14(2)22(23)15(3)25(27)29-19)28-18-8-6-7-9-20(18)30-26/h6-12,14-17,28-29H,1-5H3. The number of benzene rings is 2. The molecule has 4 unspecified atom stereocenters. The third-order valence-corrected chi connectivity index (χ3v) is 8.74. The average Bonchev–Trinajstić information content (AvgIpc) is 2.77. The smallest absolute Gasteiger partial charge is 0.150 e. The molecule has 2 aromatic carbocycles. The molecule has 0 saturated carbocycles. The molecule has 4 atom stereocenters. The van der Waals surface area contributed by atoms with Gasteiger partial charge in [-0.1, -0.05) is 68.8 Å². The van der Waals surface area contributed by atoms with Crippen molar-refractivity contribution < 1.29 is 4.74 Å². The third-order valence-electron chi connectivity index (χ3n) is 7.39. The lowest BCUT2D eigenvalue weighted by Crippen LogP contribution is -2.37. The van der Waals surface area contributed by atoms with Gasteiger partial charge in [0.2, 0.25) is 0 Å². The number of thioether (sulfide) groups is 1. The topological polar surface area (TPSA) is 33.3 Å². The highest BCUT2D eigenvalue weighted by molar-refractivity contribution is 8.03. The molecule has 2 aromatic rings. The summed E-state index contributed by atoms with van der Waals surface area (Å²) in [5.74, 6) is 3.31. The van der Waals surface area contributed by atoms with Gasteiger partial charge in [-0.3, -0.25) is 0 Å². The van der Waals surface area contributed by atoms with Crippen molar-refractivity contribution in [2.75, 3.05) is 10.6 Å². The lowest BCUT2D eigenvalue weighted by molar-refractivity contribution is 0.333. The molecule has 0 amide bonds. The van der Waals surface area contributed by atoms with Crippen molar-refractivity contribution in [2.45, 2.75) is 39.5 Å². The average molecular weight is 429 g/mol. The van der Waals surface area contributed by atoms with Gasteiger partial charge in [0.05, 0.1) is 17.1 Å². The number of hydrogen-bond donors (Lipinski definition) is 2. The summed E-state index contributed by atoms with van der Waals surface area (Å²) in [6.07, 6.45) is 0. The Kier molecular flexibility index (Phi) is 4.13. The van der Waals surface area contributed by atoms with Crippen LogP contribution in [-0.2, 0) is 0 Å². The van der Waals surface area contributed by atoms with E-state index in [2.05, 4.69) is 81.7 Å². The molecule has 0 bridgehead atoms. The van der Waals surface area contributed by atoms with Crippen molar-refractivity contribution in [2.24, 2.45) is 23.7 Å². The number of fused-ring (bicyclic) bond motifs is 2. The van der Waals surface area contributed by atoms with Gasteiger partial charge in [-0.25, -0.2) is 0 Å². The summed E-state index contributed by atoms with van der Waals surface area (Å²) in [4.78, 5) is 2.80. The van der Waals surface area contributed by atoms with E-state index in [-0.39, 0.29) is 5.92 Å². The first-order valence-electron chi connectivity index (χ1n) is 11.3. The zero-order chi connectivity index (χ0) is 21.4. The maximum absolute atomic E-state index is 6.50. The van der Waals surface area contributed by atoms with Crippen LogP contribution in [0.15, 0.2) is 80.6 Å². The minimum atomic E-state index is 0.257. The maximum Gasteiger partial charge on any atom is 0.150 e. The van der Waals surface area contributed by atoms with Crippen molar-refractivity contribution >= 4 is 23.1 Å². The SMILES string of the molecule is Cc1ccc2c(c1)SC1=C(N2)C(C)C2=C(C(C)C3=C(Nc4ccccc4O3)C2C)C1C. The number of rotatable bonds is 0. The largest absolute Gasteiger partial charge is 0.457 e. The monoisotopic (exact) mass is 428 g/mol. The number of hydrogen-bond acceptors (Lipinski definition) is 4. The molecule has 2 N–H and O–H groups in total. The maximum atomic E-state index is 6.50. The van der Waals surface area contributed by atoms with E-state index in [1.807, 2.05) is 17.8 Å². The summed E-state index contributed by atoms with van der Waals surface area (Å²) >= 11 is 1.95. The molecule has 2 heterocycles. The van der Waals surface area contributed by atoms with E-state index < -0.39 is 0 Å². The molecule has 3 nitrogen and oxygen atoms in total. The highest BCUT2D eigenvalue weighted by atomic mass is 32.2. The van der Waals surface area contributed by atoms with Crippen LogP contribution in [-0.4, -0.2) is 0 Å². The summed E-state index contributed by atoms with van der Waals surface area (Å²) < 4.78 is 6.50. The van der Waals surface area contributed by atoms with Crippen LogP contribution in [0.2, 0.25) is 0 Å². The Morgan fingerprint density at radius 2 is 1.48 bits per heavy atom. The number of ether oxygens (including phenoxy) is 1. The Morgan fingerprint density at radius 3 is 2.32 bits per heavy atom. The highest BCUT2D eigenvalue weighted by Crippen LogP contribution is 2.57. The number of nitrogens with one attached hydrogen (secondary N) is 2. The molecule has 0 spiro atoms. The number of aryl methyl sites for hydroxylation is 1. The van der Waals surface area contributed by atoms with Gasteiger partial charge in [0.15, 0.2) is 0 Å². The zero-order valence-electron chi connectivity index (χ0n) is 18.7.